The topological polar surface area (TPSA) is 75.4 Å². The molecule has 0 amide bonds. The van der Waals surface area contributed by atoms with Gasteiger partial charge in [-0.3, -0.25) is 0 Å². The predicted molar refractivity (Wildman–Crippen MR) is 73.1 cm³/mol. The van der Waals surface area contributed by atoms with Crippen molar-refractivity contribution in [1.82, 2.24) is 4.72 Å². The lowest BCUT2D eigenvalue weighted by atomic mass is 10.2. The summed E-state index contributed by atoms with van der Waals surface area (Å²) in [6.07, 6.45) is 2.50. The molecule has 18 heavy (non-hydrogen) atoms. The highest BCUT2D eigenvalue weighted by atomic mass is 32.2. The number of sulfonamides is 1. The van der Waals surface area contributed by atoms with Crippen LogP contribution in [0.5, 0.6) is 0 Å². The first kappa shape index (κ1) is 13.2. The Bertz CT molecular complexity index is 538. The molecular formula is C12H19N3O2S. The van der Waals surface area contributed by atoms with E-state index >= 15 is 0 Å². The van der Waals surface area contributed by atoms with Crippen LogP contribution in [0.25, 0.3) is 0 Å². The van der Waals surface area contributed by atoms with E-state index in [0.29, 0.717) is 5.69 Å². The molecule has 6 heteroatoms. The van der Waals surface area contributed by atoms with Crippen LogP contribution in [0.3, 0.4) is 0 Å². The highest BCUT2D eigenvalue weighted by Crippen LogP contribution is 2.33. The predicted octanol–water partition coefficient (Wildman–Crippen LogP) is 1.02. The van der Waals surface area contributed by atoms with Crippen LogP contribution < -0.4 is 15.4 Å². The summed E-state index contributed by atoms with van der Waals surface area (Å²) >= 11 is 0. The zero-order chi connectivity index (χ0) is 13.3. The summed E-state index contributed by atoms with van der Waals surface area (Å²) < 4.78 is 25.8. The van der Waals surface area contributed by atoms with E-state index in [0.717, 1.165) is 18.2 Å². The Morgan fingerprint density at radius 1 is 1.44 bits per heavy atom. The largest absolute Gasteiger partial charge is 0.397 e. The fraction of sp³-hybridized carbons (Fsp3) is 0.500. The zero-order valence-electron chi connectivity index (χ0n) is 10.7. The second kappa shape index (κ2) is 4.78. The van der Waals surface area contributed by atoms with Gasteiger partial charge in [-0.15, -0.1) is 0 Å². The maximum Gasteiger partial charge on any atom is 0.240 e. The van der Waals surface area contributed by atoms with E-state index in [2.05, 4.69) is 4.72 Å². The normalized spacial score (nSPS) is 15.7. The van der Waals surface area contributed by atoms with Crippen LogP contribution in [0, 0.1) is 5.92 Å². The third-order valence-corrected chi connectivity index (χ3v) is 4.63. The number of nitrogen functional groups attached to an aromatic ring is 1. The van der Waals surface area contributed by atoms with Crippen LogP contribution >= 0.6 is 0 Å². The van der Waals surface area contributed by atoms with E-state index in [1.54, 1.807) is 12.1 Å². The SMILES string of the molecule is CNS(=O)(=O)c1ccc(N)c(N(C)CC2CC2)c1. The minimum absolute atomic E-state index is 0.247. The lowest BCUT2D eigenvalue weighted by molar-refractivity contribution is 0.588. The zero-order valence-corrected chi connectivity index (χ0v) is 11.5. The van der Waals surface area contributed by atoms with E-state index in [4.69, 9.17) is 5.73 Å². The second-order valence-corrected chi connectivity index (χ2v) is 6.64. The first-order chi connectivity index (χ1) is 8.44. The van der Waals surface area contributed by atoms with Gasteiger partial charge in [0.1, 0.15) is 0 Å². The molecule has 1 fully saturated rings. The molecular weight excluding hydrogens is 250 g/mol. The Morgan fingerprint density at radius 2 is 2.11 bits per heavy atom. The molecule has 100 valence electrons. The molecule has 1 saturated carbocycles. The van der Waals surface area contributed by atoms with Crippen LogP contribution in [0.4, 0.5) is 11.4 Å². The van der Waals surface area contributed by atoms with Gasteiger partial charge in [-0.2, -0.15) is 0 Å². The maximum atomic E-state index is 11.8. The Kier molecular flexibility index (Phi) is 3.49. The number of nitrogens with one attached hydrogen (secondary N) is 1. The van der Waals surface area contributed by atoms with Crippen molar-refractivity contribution in [1.29, 1.82) is 0 Å². The Hall–Kier alpha value is -1.27. The Morgan fingerprint density at radius 3 is 2.67 bits per heavy atom. The quantitative estimate of drug-likeness (QED) is 0.783. The van der Waals surface area contributed by atoms with E-state index in [1.165, 1.54) is 26.0 Å². The van der Waals surface area contributed by atoms with Crippen LogP contribution in [-0.2, 0) is 10.0 Å². The summed E-state index contributed by atoms with van der Waals surface area (Å²) in [5.74, 6) is 0.721. The van der Waals surface area contributed by atoms with Crippen molar-refractivity contribution >= 4 is 21.4 Å². The highest BCUT2D eigenvalue weighted by Gasteiger charge is 2.24. The van der Waals surface area contributed by atoms with Crippen molar-refractivity contribution in [3.63, 3.8) is 0 Å². The second-order valence-electron chi connectivity index (χ2n) is 4.75. The lowest BCUT2D eigenvalue weighted by Crippen LogP contribution is -2.23. The summed E-state index contributed by atoms with van der Waals surface area (Å²) in [6, 6.07) is 4.79. The van der Waals surface area contributed by atoms with E-state index in [9.17, 15) is 8.42 Å². The molecule has 0 aromatic heterocycles. The number of nitrogens with two attached hydrogens (primary N) is 1. The highest BCUT2D eigenvalue weighted by molar-refractivity contribution is 7.89. The molecule has 0 bridgehead atoms. The van der Waals surface area contributed by atoms with Gasteiger partial charge in [0.2, 0.25) is 10.0 Å². The van der Waals surface area contributed by atoms with E-state index < -0.39 is 10.0 Å². The first-order valence-corrected chi connectivity index (χ1v) is 7.46. The molecule has 0 heterocycles. The Labute approximate surface area is 108 Å². The van der Waals surface area contributed by atoms with Crippen LogP contribution in [0.1, 0.15) is 12.8 Å². The van der Waals surface area contributed by atoms with Gasteiger partial charge in [-0.25, -0.2) is 13.1 Å². The molecule has 1 aromatic rings. The van der Waals surface area contributed by atoms with Crippen LogP contribution in [-0.4, -0.2) is 29.1 Å². The molecule has 3 N–H and O–H groups in total. The molecule has 2 rings (SSSR count). The van der Waals surface area contributed by atoms with Gasteiger partial charge < -0.3 is 10.6 Å². The van der Waals surface area contributed by atoms with Gasteiger partial charge in [0.15, 0.2) is 0 Å². The van der Waals surface area contributed by atoms with Crippen molar-refractivity contribution in [3.05, 3.63) is 18.2 Å². The molecule has 0 radical (unpaired) electrons. The van der Waals surface area contributed by atoms with Gasteiger partial charge in [-0.1, -0.05) is 0 Å². The van der Waals surface area contributed by atoms with Crippen LogP contribution in [0.15, 0.2) is 23.1 Å². The Balaban J connectivity index is 2.31. The minimum atomic E-state index is -3.42. The number of nitrogens with zero attached hydrogens (tertiary/aromatic N) is 1. The number of hydrogen-bond acceptors (Lipinski definition) is 4. The summed E-state index contributed by atoms with van der Waals surface area (Å²) in [6.45, 7) is 0.924. The molecule has 5 nitrogen and oxygen atoms in total. The van der Waals surface area contributed by atoms with Gasteiger partial charge in [0.05, 0.1) is 16.3 Å². The van der Waals surface area contributed by atoms with Gasteiger partial charge in [-0.05, 0) is 44.0 Å². The molecule has 1 aliphatic carbocycles. The van der Waals surface area contributed by atoms with Crippen LogP contribution in [0.2, 0.25) is 0 Å². The molecule has 0 aliphatic heterocycles. The average molecular weight is 269 g/mol. The van der Waals surface area contributed by atoms with Gasteiger partial charge in [0, 0.05) is 13.6 Å². The number of anilines is 2. The van der Waals surface area contributed by atoms with Gasteiger partial charge >= 0.3 is 0 Å². The number of benzene rings is 1. The maximum absolute atomic E-state index is 11.8. The lowest BCUT2D eigenvalue weighted by Gasteiger charge is -2.21. The number of hydrogen-bond donors (Lipinski definition) is 2. The molecule has 0 spiro atoms. The fourth-order valence-corrected chi connectivity index (χ4v) is 2.67. The molecule has 0 saturated heterocycles. The monoisotopic (exact) mass is 269 g/mol. The van der Waals surface area contributed by atoms with Gasteiger partial charge in [0.25, 0.3) is 0 Å². The van der Waals surface area contributed by atoms with E-state index in [1.807, 2.05) is 11.9 Å². The third-order valence-electron chi connectivity index (χ3n) is 3.22. The molecule has 1 aromatic carbocycles. The molecule has 1 aliphatic rings. The standard InChI is InChI=1S/C12H19N3O2S/c1-14-18(16,17)10-5-6-11(13)12(7-10)15(2)8-9-3-4-9/h5-7,9,14H,3-4,8,13H2,1-2H3. The summed E-state index contributed by atoms with van der Waals surface area (Å²) in [5.41, 5.74) is 7.30. The summed E-state index contributed by atoms with van der Waals surface area (Å²) in [4.78, 5) is 2.28. The summed E-state index contributed by atoms with van der Waals surface area (Å²) in [5, 5.41) is 0. The van der Waals surface area contributed by atoms with Crippen molar-refractivity contribution in [2.24, 2.45) is 5.92 Å². The summed E-state index contributed by atoms with van der Waals surface area (Å²) in [7, 11) is -0.0697. The molecule has 0 atom stereocenters. The van der Waals surface area contributed by atoms with Crippen molar-refractivity contribution in [3.8, 4) is 0 Å². The first-order valence-electron chi connectivity index (χ1n) is 5.98. The van der Waals surface area contributed by atoms with Crippen molar-refractivity contribution in [2.75, 3.05) is 31.3 Å². The minimum Gasteiger partial charge on any atom is -0.397 e. The van der Waals surface area contributed by atoms with Crippen molar-refractivity contribution in [2.45, 2.75) is 17.7 Å². The third kappa shape index (κ3) is 2.76. The average Bonchev–Trinajstić information content (AvgIpc) is 3.13. The smallest absolute Gasteiger partial charge is 0.240 e. The fourth-order valence-electron chi connectivity index (χ4n) is 1.93. The van der Waals surface area contributed by atoms with E-state index in [-0.39, 0.29) is 4.90 Å². The molecule has 0 unspecified atom stereocenters. The number of rotatable bonds is 5. The van der Waals surface area contributed by atoms with Crippen molar-refractivity contribution < 1.29 is 8.42 Å².